The van der Waals surface area contributed by atoms with Crippen LogP contribution in [-0.2, 0) is 11.3 Å². The second kappa shape index (κ2) is 7.08. The third-order valence-electron chi connectivity index (χ3n) is 3.00. The van der Waals surface area contributed by atoms with Crippen LogP contribution >= 0.6 is 0 Å². The van der Waals surface area contributed by atoms with Crippen LogP contribution in [0.1, 0.15) is 31.6 Å². The number of aryl methyl sites for hydroxylation is 1. The average molecular weight is 290 g/mol. The maximum atomic E-state index is 11.5. The first-order chi connectivity index (χ1) is 10.1. The van der Waals surface area contributed by atoms with Crippen molar-refractivity contribution >= 4 is 5.91 Å². The van der Waals surface area contributed by atoms with Crippen molar-refractivity contribution in [2.75, 3.05) is 6.54 Å². The summed E-state index contributed by atoms with van der Waals surface area (Å²) < 4.78 is 5.59. The molecule has 0 atom stereocenters. The molecular weight excluding hydrogens is 268 g/mol. The molecule has 21 heavy (non-hydrogen) atoms. The van der Waals surface area contributed by atoms with Gasteiger partial charge in [0.25, 0.3) is 0 Å². The lowest BCUT2D eigenvalue weighted by Crippen LogP contribution is -2.32. The summed E-state index contributed by atoms with van der Waals surface area (Å²) in [5, 5.41) is 13.1. The molecule has 0 radical (unpaired) electrons. The van der Waals surface area contributed by atoms with Crippen molar-refractivity contribution in [2.45, 2.75) is 39.8 Å². The minimum atomic E-state index is 0.0616. The summed E-state index contributed by atoms with van der Waals surface area (Å²) >= 11 is 0. The fourth-order valence-electron chi connectivity index (χ4n) is 2.05. The molecule has 0 saturated carbocycles. The van der Waals surface area contributed by atoms with Gasteiger partial charge in [-0.15, -0.1) is 0 Å². The average Bonchev–Trinajstić information content (AvgIpc) is 3.02. The zero-order valence-electron chi connectivity index (χ0n) is 12.7. The number of carbonyl (C=O) groups excluding carboxylic acids is 1. The van der Waals surface area contributed by atoms with E-state index >= 15 is 0 Å². The van der Waals surface area contributed by atoms with Gasteiger partial charge < -0.3 is 15.1 Å². The highest BCUT2D eigenvalue weighted by Gasteiger charge is 2.11. The molecule has 2 aromatic rings. The molecule has 0 bridgehead atoms. The number of hydrogen-bond acceptors (Lipinski definition) is 4. The lowest BCUT2D eigenvalue weighted by Gasteiger charge is -2.08. The fraction of sp³-hybridized carbons (Fsp3) is 0.467. The van der Waals surface area contributed by atoms with E-state index in [4.69, 9.17) is 4.42 Å². The molecule has 2 aromatic heterocycles. The molecule has 0 aliphatic carbocycles. The van der Waals surface area contributed by atoms with Gasteiger partial charge in [-0.05, 0) is 32.9 Å². The molecule has 0 fully saturated rings. The Morgan fingerprint density at radius 1 is 1.43 bits per heavy atom. The first-order valence-corrected chi connectivity index (χ1v) is 7.15. The van der Waals surface area contributed by atoms with Crippen molar-refractivity contribution in [3.8, 4) is 11.5 Å². The lowest BCUT2D eigenvalue weighted by atomic mass is 10.2. The molecular formula is C15H22N4O2. The highest BCUT2D eigenvalue weighted by Crippen LogP contribution is 2.23. The highest BCUT2D eigenvalue weighted by molar-refractivity contribution is 5.76. The van der Waals surface area contributed by atoms with Crippen LogP contribution < -0.4 is 10.6 Å². The van der Waals surface area contributed by atoms with Crippen LogP contribution in [0.4, 0.5) is 0 Å². The van der Waals surface area contributed by atoms with Crippen molar-refractivity contribution in [3.05, 3.63) is 29.7 Å². The molecule has 6 heteroatoms. The van der Waals surface area contributed by atoms with Gasteiger partial charge in [-0.25, -0.2) is 0 Å². The number of carbonyl (C=O) groups is 1. The Balaban J connectivity index is 1.82. The monoisotopic (exact) mass is 290 g/mol. The molecule has 114 valence electrons. The minimum Gasteiger partial charge on any atom is -0.460 e. The van der Waals surface area contributed by atoms with Crippen LogP contribution in [0.15, 0.2) is 22.7 Å². The number of aromatic amines is 1. The standard InChI is InChI=1S/C15H22N4O2/c1-10(2)18-14(20)6-7-16-8-12-9-17-19-15(12)13-5-4-11(3)21-13/h4-5,9-10,16H,6-8H2,1-3H3,(H,17,19)(H,18,20). The van der Waals surface area contributed by atoms with E-state index in [1.165, 1.54) is 0 Å². The summed E-state index contributed by atoms with van der Waals surface area (Å²) in [4.78, 5) is 11.5. The smallest absolute Gasteiger partial charge is 0.221 e. The third-order valence-corrected chi connectivity index (χ3v) is 3.00. The predicted octanol–water partition coefficient (Wildman–Crippen LogP) is 1.98. The van der Waals surface area contributed by atoms with Crippen LogP contribution in [0.5, 0.6) is 0 Å². The summed E-state index contributed by atoms with van der Waals surface area (Å²) in [7, 11) is 0. The van der Waals surface area contributed by atoms with Gasteiger partial charge in [-0.3, -0.25) is 9.89 Å². The molecule has 0 spiro atoms. The maximum Gasteiger partial charge on any atom is 0.221 e. The van der Waals surface area contributed by atoms with Crippen LogP contribution in [-0.4, -0.2) is 28.7 Å². The van der Waals surface area contributed by atoms with Gasteiger partial charge in [0.15, 0.2) is 5.76 Å². The highest BCUT2D eigenvalue weighted by atomic mass is 16.3. The number of H-pyrrole nitrogens is 1. The number of nitrogens with zero attached hydrogens (tertiary/aromatic N) is 1. The molecule has 3 N–H and O–H groups in total. The summed E-state index contributed by atoms with van der Waals surface area (Å²) in [6.07, 6.45) is 2.24. The van der Waals surface area contributed by atoms with Crippen molar-refractivity contribution < 1.29 is 9.21 Å². The van der Waals surface area contributed by atoms with Gasteiger partial charge in [0.2, 0.25) is 5.91 Å². The Hall–Kier alpha value is -2.08. The topological polar surface area (TPSA) is 83.0 Å². The van der Waals surface area contributed by atoms with Gasteiger partial charge in [0.1, 0.15) is 11.5 Å². The number of aromatic nitrogens is 2. The predicted molar refractivity (Wildman–Crippen MR) is 80.6 cm³/mol. The Labute approximate surface area is 124 Å². The SMILES string of the molecule is Cc1ccc(-c2[nH]ncc2CNCCC(=O)NC(C)C)o1. The van der Waals surface area contributed by atoms with E-state index in [0.717, 1.165) is 22.8 Å². The Bertz CT molecular complexity index is 586. The second-order valence-corrected chi connectivity index (χ2v) is 5.33. The van der Waals surface area contributed by atoms with Crippen molar-refractivity contribution in [1.82, 2.24) is 20.8 Å². The van der Waals surface area contributed by atoms with E-state index in [2.05, 4.69) is 20.8 Å². The van der Waals surface area contributed by atoms with Gasteiger partial charge >= 0.3 is 0 Å². The molecule has 0 aliphatic heterocycles. The normalized spacial score (nSPS) is 11.0. The molecule has 0 saturated heterocycles. The van der Waals surface area contributed by atoms with E-state index < -0.39 is 0 Å². The number of amides is 1. The molecule has 0 unspecified atom stereocenters. The summed E-state index contributed by atoms with van der Waals surface area (Å²) in [6.45, 7) is 7.08. The van der Waals surface area contributed by atoms with Gasteiger partial charge in [0, 0.05) is 31.1 Å². The Kier molecular flexibility index (Phi) is 5.16. The first-order valence-electron chi connectivity index (χ1n) is 7.15. The van der Waals surface area contributed by atoms with Crippen LogP contribution in [0.3, 0.4) is 0 Å². The molecule has 0 aliphatic rings. The largest absolute Gasteiger partial charge is 0.460 e. The number of hydrogen-bond donors (Lipinski definition) is 3. The zero-order valence-corrected chi connectivity index (χ0v) is 12.7. The molecule has 1 amide bonds. The van der Waals surface area contributed by atoms with Gasteiger partial charge in [0.05, 0.1) is 6.20 Å². The zero-order chi connectivity index (χ0) is 15.2. The quantitative estimate of drug-likeness (QED) is 0.681. The molecule has 6 nitrogen and oxygen atoms in total. The van der Waals surface area contributed by atoms with Crippen LogP contribution in [0.25, 0.3) is 11.5 Å². The van der Waals surface area contributed by atoms with Crippen LogP contribution in [0, 0.1) is 6.92 Å². The lowest BCUT2D eigenvalue weighted by molar-refractivity contribution is -0.121. The van der Waals surface area contributed by atoms with E-state index in [1.807, 2.05) is 32.9 Å². The van der Waals surface area contributed by atoms with E-state index in [9.17, 15) is 4.79 Å². The molecule has 2 rings (SSSR count). The number of nitrogens with one attached hydrogen (secondary N) is 3. The Morgan fingerprint density at radius 2 is 2.24 bits per heavy atom. The van der Waals surface area contributed by atoms with Crippen LogP contribution in [0.2, 0.25) is 0 Å². The Morgan fingerprint density at radius 3 is 2.90 bits per heavy atom. The van der Waals surface area contributed by atoms with E-state index in [1.54, 1.807) is 6.20 Å². The molecule has 2 heterocycles. The minimum absolute atomic E-state index is 0.0616. The summed E-state index contributed by atoms with van der Waals surface area (Å²) in [5.41, 5.74) is 1.90. The van der Waals surface area contributed by atoms with E-state index in [0.29, 0.717) is 19.5 Å². The first kappa shape index (κ1) is 15.3. The van der Waals surface area contributed by atoms with Crippen molar-refractivity contribution in [1.29, 1.82) is 0 Å². The maximum absolute atomic E-state index is 11.5. The fourth-order valence-corrected chi connectivity index (χ4v) is 2.05. The number of furan rings is 1. The van der Waals surface area contributed by atoms with Gasteiger partial charge in [-0.1, -0.05) is 0 Å². The summed E-state index contributed by atoms with van der Waals surface area (Å²) in [6, 6.07) is 4.02. The second-order valence-electron chi connectivity index (χ2n) is 5.33. The number of rotatable bonds is 7. The van der Waals surface area contributed by atoms with Gasteiger partial charge in [-0.2, -0.15) is 5.10 Å². The van der Waals surface area contributed by atoms with Crippen molar-refractivity contribution in [3.63, 3.8) is 0 Å². The molecule has 0 aromatic carbocycles. The summed E-state index contributed by atoms with van der Waals surface area (Å²) in [5.74, 6) is 1.70. The van der Waals surface area contributed by atoms with Crippen molar-refractivity contribution in [2.24, 2.45) is 0 Å². The van der Waals surface area contributed by atoms with E-state index in [-0.39, 0.29) is 11.9 Å². The third kappa shape index (κ3) is 4.46.